The van der Waals surface area contributed by atoms with E-state index in [9.17, 15) is 0 Å². The summed E-state index contributed by atoms with van der Waals surface area (Å²) in [5, 5.41) is 3.69. The highest BCUT2D eigenvalue weighted by molar-refractivity contribution is 4.92. The smallest absolute Gasteiger partial charge is 0.0780 e. The third-order valence-electron chi connectivity index (χ3n) is 3.72. The van der Waals surface area contributed by atoms with Crippen molar-refractivity contribution in [3.63, 3.8) is 0 Å². The van der Waals surface area contributed by atoms with Crippen molar-refractivity contribution >= 4 is 0 Å². The molecule has 1 fully saturated rings. The van der Waals surface area contributed by atoms with Crippen LogP contribution in [0, 0.1) is 11.8 Å². The van der Waals surface area contributed by atoms with E-state index in [-0.39, 0.29) is 5.60 Å². The monoisotopic (exact) mass is 227 g/mol. The Bertz CT molecular complexity index is 215. The molecule has 0 spiro atoms. The summed E-state index contributed by atoms with van der Waals surface area (Å²) in [6, 6.07) is 0.516. The molecule has 2 nitrogen and oxygen atoms in total. The Morgan fingerprint density at radius 2 is 1.94 bits per heavy atom. The van der Waals surface area contributed by atoms with Crippen molar-refractivity contribution in [2.45, 2.75) is 72.1 Å². The molecular weight excluding hydrogens is 198 g/mol. The molecule has 96 valence electrons. The molecule has 2 heteroatoms. The Morgan fingerprint density at radius 3 is 2.38 bits per heavy atom. The Kier molecular flexibility index (Phi) is 4.81. The molecule has 1 aliphatic heterocycles. The maximum absolute atomic E-state index is 6.35. The second kappa shape index (κ2) is 5.50. The maximum atomic E-state index is 6.35. The second-order valence-corrected chi connectivity index (χ2v) is 6.24. The summed E-state index contributed by atoms with van der Waals surface area (Å²) in [5.74, 6) is 1.34. The van der Waals surface area contributed by atoms with Crippen molar-refractivity contribution in [2.75, 3.05) is 6.54 Å². The van der Waals surface area contributed by atoms with Gasteiger partial charge in [-0.2, -0.15) is 0 Å². The van der Waals surface area contributed by atoms with Crippen LogP contribution in [0.1, 0.15) is 54.4 Å². The molecule has 0 amide bonds. The normalized spacial score (nSPS) is 36.0. The fraction of sp³-hybridized carbons (Fsp3) is 1.00. The van der Waals surface area contributed by atoms with E-state index in [2.05, 4.69) is 46.9 Å². The van der Waals surface area contributed by atoms with Gasteiger partial charge >= 0.3 is 0 Å². The van der Waals surface area contributed by atoms with Crippen LogP contribution in [0.5, 0.6) is 0 Å². The molecule has 0 radical (unpaired) electrons. The first kappa shape index (κ1) is 14.0. The van der Waals surface area contributed by atoms with Crippen molar-refractivity contribution in [1.29, 1.82) is 0 Å². The summed E-state index contributed by atoms with van der Waals surface area (Å²) < 4.78 is 6.35. The first-order valence-electron chi connectivity index (χ1n) is 6.79. The number of hydrogen-bond donors (Lipinski definition) is 1. The van der Waals surface area contributed by atoms with E-state index in [1.807, 2.05) is 0 Å². The van der Waals surface area contributed by atoms with Crippen LogP contribution < -0.4 is 5.32 Å². The Labute approximate surface area is 101 Å². The van der Waals surface area contributed by atoms with Gasteiger partial charge in [0.1, 0.15) is 0 Å². The lowest BCUT2D eigenvalue weighted by atomic mass is 9.88. The van der Waals surface area contributed by atoms with Gasteiger partial charge in [0.15, 0.2) is 0 Å². The van der Waals surface area contributed by atoms with Gasteiger partial charge in [-0.3, -0.25) is 0 Å². The van der Waals surface area contributed by atoms with E-state index in [4.69, 9.17) is 4.74 Å². The minimum Gasteiger partial charge on any atom is -0.369 e. The molecular formula is C14H29NO. The van der Waals surface area contributed by atoms with Gasteiger partial charge in [-0.1, -0.05) is 34.6 Å². The largest absolute Gasteiger partial charge is 0.369 e. The van der Waals surface area contributed by atoms with Crippen LogP contribution >= 0.6 is 0 Å². The molecule has 1 N–H and O–H groups in total. The molecule has 0 bridgehead atoms. The first-order chi connectivity index (χ1) is 7.38. The molecule has 16 heavy (non-hydrogen) atoms. The highest BCUT2D eigenvalue weighted by Gasteiger charge is 2.38. The van der Waals surface area contributed by atoms with Gasteiger partial charge in [-0.25, -0.2) is 0 Å². The molecule has 0 aromatic rings. The maximum Gasteiger partial charge on any atom is 0.0780 e. The molecule has 0 saturated carbocycles. The minimum atomic E-state index is 0.0327. The van der Waals surface area contributed by atoms with Crippen LogP contribution in [0.25, 0.3) is 0 Å². The summed E-state index contributed by atoms with van der Waals surface area (Å²) in [5.41, 5.74) is 0.0327. The van der Waals surface area contributed by atoms with Gasteiger partial charge in [0.25, 0.3) is 0 Å². The molecule has 3 atom stereocenters. The third-order valence-corrected chi connectivity index (χ3v) is 3.72. The molecule has 3 unspecified atom stereocenters. The van der Waals surface area contributed by atoms with Crippen LogP contribution in [0.3, 0.4) is 0 Å². The zero-order chi connectivity index (χ0) is 12.3. The summed E-state index contributed by atoms with van der Waals surface area (Å²) in [6.07, 6.45) is 2.61. The SMILES string of the molecule is CCC1(C)CNC(C(C)C)C(CC(C)C)O1. The van der Waals surface area contributed by atoms with E-state index in [1.165, 1.54) is 0 Å². The predicted octanol–water partition coefficient (Wildman–Crippen LogP) is 3.21. The zero-order valence-electron chi connectivity index (χ0n) is 11.8. The first-order valence-corrected chi connectivity index (χ1v) is 6.79. The fourth-order valence-corrected chi connectivity index (χ4v) is 2.48. The number of morpholine rings is 1. The molecule has 1 saturated heterocycles. The van der Waals surface area contributed by atoms with Gasteiger partial charge in [-0.15, -0.1) is 0 Å². The quantitative estimate of drug-likeness (QED) is 0.796. The molecule has 1 rings (SSSR count). The van der Waals surface area contributed by atoms with E-state index in [0.717, 1.165) is 19.4 Å². The topological polar surface area (TPSA) is 21.3 Å². The molecule has 1 heterocycles. The standard InChI is InChI=1S/C14H29NO/c1-7-14(6)9-15-13(11(4)5)12(16-14)8-10(2)3/h10-13,15H,7-9H2,1-6H3. The van der Waals surface area contributed by atoms with Gasteiger partial charge < -0.3 is 10.1 Å². The van der Waals surface area contributed by atoms with Gasteiger partial charge in [0.05, 0.1) is 11.7 Å². The highest BCUT2D eigenvalue weighted by Crippen LogP contribution is 2.29. The van der Waals surface area contributed by atoms with Crippen LogP contribution in [0.15, 0.2) is 0 Å². The van der Waals surface area contributed by atoms with Crippen LogP contribution in [-0.4, -0.2) is 24.3 Å². The average Bonchev–Trinajstić information content (AvgIpc) is 2.16. The Balaban J connectivity index is 2.69. The Hall–Kier alpha value is -0.0800. The third kappa shape index (κ3) is 3.46. The number of hydrogen-bond acceptors (Lipinski definition) is 2. The van der Waals surface area contributed by atoms with E-state index < -0.39 is 0 Å². The highest BCUT2D eigenvalue weighted by atomic mass is 16.5. The van der Waals surface area contributed by atoms with Crippen LogP contribution in [-0.2, 0) is 4.74 Å². The van der Waals surface area contributed by atoms with E-state index in [0.29, 0.717) is 24.0 Å². The molecule has 0 aromatic heterocycles. The van der Waals surface area contributed by atoms with Crippen molar-refractivity contribution in [1.82, 2.24) is 5.32 Å². The van der Waals surface area contributed by atoms with E-state index >= 15 is 0 Å². The summed E-state index contributed by atoms with van der Waals surface area (Å²) in [6.45, 7) is 14.5. The van der Waals surface area contributed by atoms with Gasteiger partial charge in [-0.05, 0) is 31.6 Å². The average molecular weight is 227 g/mol. The number of rotatable bonds is 4. The lowest BCUT2D eigenvalue weighted by Gasteiger charge is -2.45. The fourth-order valence-electron chi connectivity index (χ4n) is 2.48. The van der Waals surface area contributed by atoms with Crippen molar-refractivity contribution in [3.8, 4) is 0 Å². The zero-order valence-corrected chi connectivity index (χ0v) is 11.8. The molecule has 0 aliphatic carbocycles. The van der Waals surface area contributed by atoms with Crippen molar-refractivity contribution in [2.24, 2.45) is 11.8 Å². The van der Waals surface area contributed by atoms with Crippen molar-refractivity contribution < 1.29 is 4.74 Å². The van der Waals surface area contributed by atoms with E-state index in [1.54, 1.807) is 0 Å². The second-order valence-electron chi connectivity index (χ2n) is 6.24. The number of nitrogens with one attached hydrogen (secondary N) is 1. The van der Waals surface area contributed by atoms with Crippen LogP contribution in [0.2, 0.25) is 0 Å². The lowest BCUT2D eigenvalue weighted by Crippen LogP contribution is -2.59. The van der Waals surface area contributed by atoms with Crippen molar-refractivity contribution in [3.05, 3.63) is 0 Å². The minimum absolute atomic E-state index is 0.0327. The Morgan fingerprint density at radius 1 is 1.31 bits per heavy atom. The van der Waals surface area contributed by atoms with Gasteiger partial charge in [0.2, 0.25) is 0 Å². The molecule has 1 aliphatic rings. The summed E-state index contributed by atoms with van der Waals surface area (Å²) >= 11 is 0. The predicted molar refractivity (Wildman–Crippen MR) is 69.7 cm³/mol. The summed E-state index contributed by atoms with van der Waals surface area (Å²) in [7, 11) is 0. The summed E-state index contributed by atoms with van der Waals surface area (Å²) in [4.78, 5) is 0. The van der Waals surface area contributed by atoms with Gasteiger partial charge in [0, 0.05) is 12.6 Å². The van der Waals surface area contributed by atoms with Crippen LogP contribution in [0.4, 0.5) is 0 Å². The lowest BCUT2D eigenvalue weighted by molar-refractivity contribution is -0.139. The molecule has 0 aromatic carbocycles. The number of ether oxygens (including phenoxy) is 1.